The molecule has 1 heterocycles. The Balaban J connectivity index is 2.32. The molecule has 0 spiro atoms. The summed E-state index contributed by atoms with van der Waals surface area (Å²) < 4.78 is 4.98. The van der Waals surface area contributed by atoms with Gasteiger partial charge in [-0.2, -0.15) is 0 Å². The van der Waals surface area contributed by atoms with Crippen molar-refractivity contribution in [2.75, 3.05) is 6.61 Å². The molecule has 0 saturated heterocycles. The summed E-state index contributed by atoms with van der Waals surface area (Å²) in [6.45, 7) is 4.36. The van der Waals surface area contributed by atoms with Crippen molar-refractivity contribution in [3.63, 3.8) is 0 Å². The van der Waals surface area contributed by atoms with Crippen LogP contribution in [0.5, 0.6) is 0 Å². The molecule has 1 rings (SSSR count). The van der Waals surface area contributed by atoms with Crippen molar-refractivity contribution < 1.29 is 14.6 Å². The maximum atomic E-state index is 11.3. The van der Waals surface area contributed by atoms with Crippen LogP contribution in [-0.4, -0.2) is 17.7 Å². The Morgan fingerprint density at radius 1 is 1.60 bits per heavy atom. The molecule has 0 radical (unpaired) electrons. The third-order valence-corrected chi connectivity index (χ3v) is 2.78. The van der Waals surface area contributed by atoms with E-state index in [1.165, 1.54) is 11.3 Å². The number of aliphatic hydroxyl groups is 1. The zero-order valence-electron chi connectivity index (χ0n) is 8.97. The lowest BCUT2D eigenvalue weighted by atomic mass is 10.2. The molecule has 4 heteroatoms. The number of hydrogen-bond donors (Lipinski definition) is 1. The zero-order chi connectivity index (χ0) is 11.3. The molecule has 0 unspecified atom stereocenters. The number of thiophene rings is 1. The normalized spacial score (nSPS) is 12.8. The van der Waals surface area contributed by atoms with Gasteiger partial charge in [0.2, 0.25) is 0 Å². The fourth-order valence-electron chi connectivity index (χ4n) is 1.06. The fourth-order valence-corrected chi connectivity index (χ4v) is 1.77. The predicted octanol–water partition coefficient (Wildman–Crippen LogP) is 2.37. The van der Waals surface area contributed by atoms with Crippen LogP contribution >= 0.6 is 11.3 Å². The molecule has 1 atom stereocenters. The fraction of sp³-hybridized carbons (Fsp3) is 0.545. The molecule has 0 bridgehead atoms. The van der Waals surface area contributed by atoms with E-state index in [4.69, 9.17) is 4.74 Å². The molecular weight excluding hydrogens is 212 g/mol. The van der Waals surface area contributed by atoms with E-state index in [9.17, 15) is 9.90 Å². The monoisotopic (exact) mass is 228 g/mol. The molecule has 3 nitrogen and oxygen atoms in total. The van der Waals surface area contributed by atoms with Crippen molar-refractivity contribution >= 4 is 17.3 Å². The molecule has 0 aliphatic rings. The van der Waals surface area contributed by atoms with Crippen LogP contribution < -0.4 is 0 Å². The smallest absolute Gasteiger partial charge is 0.308 e. The van der Waals surface area contributed by atoms with Gasteiger partial charge in [0.25, 0.3) is 0 Å². The Morgan fingerprint density at radius 3 is 2.87 bits per heavy atom. The van der Waals surface area contributed by atoms with E-state index in [-0.39, 0.29) is 12.4 Å². The molecule has 0 aromatic carbocycles. The lowest BCUT2D eigenvalue weighted by Crippen LogP contribution is -2.12. The summed E-state index contributed by atoms with van der Waals surface area (Å²) in [5.74, 6) is -0.0163. The van der Waals surface area contributed by atoms with Gasteiger partial charge in [-0.25, -0.2) is 0 Å². The summed E-state index contributed by atoms with van der Waals surface area (Å²) in [4.78, 5) is 12.1. The molecule has 1 aromatic heterocycles. The lowest BCUT2D eigenvalue weighted by Gasteiger charge is -2.10. The van der Waals surface area contributed by atoms with E-state index in [0.29, 0.717) is 12.5 Å². The molecule has 15 heavy (non-hydrogen) atoms. The van der Waals surface area contributed by atoms with Gasteiger partial charge >= 0.3 is 5.97 Å². The molecule has 0 aliphatic carbocycles. The van der Waals surface area contributed by atoms with Gasteiger partial charge in [0, 0.05) is 4.88 Å². The van der Waals surface area contributed by atoms with Gasteiger partial charge in [-0.15, -0.1) is 11.3 Å². The zero-order valence-corrected chi connectivity index (χ0v) is 9.79. The van der Waals surface area contributed by atoms with Gasteiger partial charge in [0.15, 0.2) is 0 Å². The topological polar surface area (TPSA) is 46.5 Å². The van der Waals surface area contributed by atoms with Gasteiger partial charge in [0.05, 0.1) is 19.1 Å². The van der Waals surface area contributed by atoms with Crippen LogP contribution in [0, 0.1) is 5.92 Å². The maximum absolute atomic E-state index is 11.3. The minimum atomic E-state index is -0.732. The first kappa shape index (κ1) is 12.2. The van der Waals surface area contributed by atoms with E-state index < -0.39 is 6.10 Å². The summed E-state index contributed by atoms with van der Waals surface area (Å²) in [5.41, 5.74) is 0. The van der Waals surface area contributed by atoms with E-state index in [0.717, 1.165) is 4.88 Å². The second-order valence-corrected chi connectivity index (χ2v) is 4.79. The molecule has 0 amide bonds. The molecule has 0 aliphatic heterocycles. The van der Waals surface area contributed by atoms with Crippen LogP contribution in [0.25, 0.3) is 0 Å². The summed E-state index contributed by atoms with van der Waals surface area (Å²) >= 11 is 1.44. The number of aliphatic hydroxyl groups excluding tert-OH is 1. The SMILES string of the molecule is CC(C)COC(=O)C[C@H](O)c1cccs1. The van der Waals surface area contributed by atoms with E-state index in [1.807, 2.05) is 31.4 Å². The average Bonchev–Trinajstić information content (AvgIpc) is 2.67. The van der Waals surface area contributed by atoms with Crippen LogP contribution in [0.3, 0.4) is 0 Å². The standard InChI is InChI=1S/C11H16O3S/c1-8(2)7-14-11(13)6-9(12)10-4-3-5-15-10/h3-5,8-9,12H,6-7H2,1-2H3/t9-/m0/s1. The van der Waals surface area contributed by atoms with Gasteiger partial charge in [-0.05, 0) is 17.4 Å². The number of carbonyl (C=O) groups excluding carboxylic acids is 1. The quantitative estimate of drug-likeness (QED) is 0.787. The van der Waals surface area contributed by atoms with Crippen LogP contribution in [0.4, 0.5) is 0 Å². The van der Waals surface area contributed by atoms with Crippen molar-refractivity contribution in [2.24, 2.45) is 5.92 Å². The van der Waals surface area contributed by atoms with Gasteiger partial charge in [-0.3, -0.25) is 4.79 Å². The third kappa shape index (κ3) is 4.44. The largest absolute Gasteiger partial charge is 0.465 e. The van der Waals surface area contributed by atoms with Crippen molar-refractivity contribution in [1.29, 1.82) is 0 Å². The summed E-state index contributed by atoms with van der Waals surface area (Å²) in [6, 6.07) is 3.66. The first-order chi connectivity index (χ1) is 7.09. The minimum absolute atomic E-state index is 0.0350. The minimum Gasteiger partial charge on any atom is -0.465 e. The molecular formula is C11H16O3S. The highest BCUT2D eigenvalue weighted by Crippen LogP contribution is 2.21. The van der Waals surface area contributed by atoms with E-state index in [2.05, 4.69) is 0 Å². The molecule has 84 valence electrons. The maximum Gasteiger partial charge on any atom is 0.308 e. The Morgan fingerprint density at radius 2 is 2.33 bits per heavy atom. The highest BCUT2D eigenvalue weighted by atomic mass is 32.1. The summed E-state index contributed by atoms with van der Waals surface area (Å²) in [7, 11) is 0. The second-order valence-electron chi connectivity index (χ2n) is 3.81. The van der Waals surface area contributed by atoms with Crippen molar-refractivity contribution in [2.45, 2.75) is 26.4 Å². The van der Waals surface area contributed by atoms with Crippen molar-refractivity contribution in [3.05, 3.63) is 22.4 Å². The van der Waals surface area contributed by atoms with Crippen molar-refractivity contribution in [3.8, 4) is 0 Å². The van der Waals surface area contributed by atoms with Crippen LogP contribution in [0.15, 0.2) is 17.5 Å². The Labute approximate surface area is 93.7 Å². The highest BCUT2D eigenvalue weighted by molar-refractivity contribution is 7.10. The number of ether oxygens (including phenoxy) is 1. The van der Waals surface area contributed by atoms with Crippen molar-refractivity contribution in [1.82, 2.24) is 0 Å². The lowest BCUT2D eigenvalue weighted by molar-refractivity contribution is -0.147. The van der Waals surface area contributed by atoms with Gasteiger partial charge in [-0.1, -0.05) is 19.9 Å². The molecule has 0 saturated carbocycles. The first-order valence-corrected chi connectivity index (χ1v) is 5.84. The number of rotatable bonds is 5. The van der Waals surface area contributed by atoms with E-state index >= 15 is 0 Å². The summed E-state index contributed by atoms with van der Waals surface area (Å²) in [5, 5.41) is 11.5. The number of carbonyl (C=O) groups is 1. The van der Waals surface area contributed by atoms with Gasteiger partial charge in [0.1, 0.15) is 0 Å². The average molecular weight is 228 g/mol. The highest BCUT2D eigenvalue weighted by Gasteiger charge is 2.14. The number of hydrogen-bond acceptors (Lipinski definition) is 4. The van der Waals surface area contributed by atoms with Crippen LogP contribution in [-0.2, 0) is 9.53 Å². The molecule has 1 aromatic rings. The first-order valence-electron chi connectivity index (χ1n) is 4.96. The Hall–Kier alpha value is -0.870. The van der Waals surface area contributed by atoms with Crippen LogP contribution in [0.1, 0.15) is 31.2 Å². The number of esters is 1. The predicted molar refractivity (Wildman–Crippen MR) is 59.7 cm³/mol. The third-order valence-electron chi connectivity index (χ3n) is 1.81. The molecule has 1 N–H and O–H groups in total. The van der Waals surface area contributed by atoms with E-state index in [1.54, 1.807) is 0 Å². The van der Waals surface area contributed by atoms with Crippen LogP contribution in [0.2, 0.25) is 0 Å². The second kappa shape index (κ2) is 5.88. The Kier molecular flexibility index (Phi) is 4.78. The molecule has 0 fully saturated rings. The Bertz CT molecular complexity index is 293. The summed E-state index contributed by atoms with van der Waals surface area (Å²) in [6.07, 6.45) is -0.697. The van der Waals surface area contributed by atoms with Gasteiger partial charge < -0.3 is 9.84 Å².